The van der Waals surface area contributed by atoms with Gasteiger partial charge >= 0.3 is 0 Å². The molecule has 7 nitrogen and oxygen atoms in total. The van der Waals surface area contributed by atoms with Crippen molar-refractivity contribution in [2.24, 2.45) is 0 Å². The van der Waals surface area contributed by atoms with Gasteiger partial charge in [0.2, 0.25) is 5.95 Å². The molecule has 1 aliphatic rings. The van der Waals surface area contributed by atoms with Crippen LogP contribution in [0.4, 0.5) is 5.82 Å². The average molecular weight is 438 g/mol. The number of rotatable bonds is 4. The molecule has 0 unspecified atom stereocenters. The minimum absolute atomic E-state index is 0.159. The van der Waals surface area contributed by atoms with Crippen LogP contribution in [0.15, 0.2) is 52.6 Å². The molecule has 1 amide bonds. The maximum atomic E-state index is 12.8. The van der Waals surface area contributed by atoms with Crippen molar-refractivity contribution >= 4 is 34.7 Å². The van der Waals surface area contributed by atoms with Gasteiger partial charge in [-0.2, -0.15) is 9.78 Å². The molecular formula is C21H16ClN5O2S. The number of aromatic nitrogens is 4. The minimum Gasteiger partial charge on any atom is -0.306 e. The first-order chi connectivity index (χ1) is 14.6. The molecule has 3 heterocycles. The number of thiophene rings is 1. The Morgan fingerprint density at radius 1 is 1.20 bits per heavy atom. The molecule has 1 aliphatic carbocycles. The zero-order valence-corrected chi connectivity index (χ0v) is 17.3. The van der Waals surface area contributed by atoms with Crippen LogP contribution in [0, 0.1) is 0 Å². The summed E-state index contributed by atoms with van der Waals surface area (Å²) in [6, 6.07) is 12.3. The van der Waals surface area contributed by atoms with Crippen LogP contribution in [0.25, 0.3) is 16.5 Å². The zero-order valence-electron chi connectivity index (χ0n) is 15.7. The molecule has 0 fully saturated rings. The van der Waals surface area contributed by atoms with Crippen molar-refractivity contribution in [1.82, 2.24) is 19.7 Å². The van der Waals surface area contributed by atoms with E-state index in [-0.39, 0.29) is 17.4 Å². The van der Waals surface area contributed by atoms with E-state index >= 15 is 0 Å². The summed E-state index contributed by atoms with van der Waals surface area (Å²) in [5.41, 5.74) is 2.45. The summed E-state index contributed by atoms with van der Waals surface area (Å²) >= 11 is 7.55. The predicted molar refractivity (Wildman–Crippen MR) is 117 cm³/mol. The second-order valence-electron chi connectivity index (χ2n) is 6.94. The van der Waals surface area contributed by atoms with E-state index in [1.807, 2.05) is 17.5 Å². The first-order valence-electron chi connectivity index (χ1n) is 9.42. The van der Waals surface area contributed by atoms with Crippen molar-refractivity contribution in [2.45, 2.75) is 19.3 Å². The van der Waals surface area contributed by atoms with Crippen LogP contribution in [0.1, 0.15) is 28.0 Å². The van der Waals surface area contributed by atoms with Crippen molar-refractivity contribution in [3.63, 3.8) is 0 Å². The SMILES string of the molecule is O=C(Nc1cc(-c2cccs2)nn1-c1nc2c(c(=O)[nH]1)CCC2)c1cccc(Cl)c1. The van der Waals surface area contributed by atoms with E-state index in [1.165, 1.54) is 16.0 Å². The van der Waals surface area contributed by atoms with Crippen LogP contribution >= 0.6 is 22.9 Å². The van der Waals surface area contributed by atoms with Crippen LogP contribution in [-0.2, 0) is 12.8 Å². The van der Waals surface area contributed by atoms with Gasteiger partial charge in [-0.1, -0.05) is 23.7 Å². The fraction of sp³-hybridized carbons (Fsp3) is 0.143. The highest BCUT2D eigenvalue weighted by atomic mass is 35.5. The second-order valence-corrected chi connectivity index (χ2v) is 8.32. The molecule has 0 saturated heterocycles. The van der Waals surface area contributed by atoms with E-state index in [2.05, 4.69) is 20.4 Å². The lowest BCUT2D eigenvalue weighted by Gasteiger charge is -2.09. The topological polar surface area (TPSA) is 92.7 Å². The summed E-state index contributed by atoms with van der Waals surface area (Å²) < 4.78 is 1.47. The van der Waals surface area contributed by atoms with E-state index in [0.29, 0.717) is 22.1 Å². The minimum atomic E-state index is -0.333. The number of halogens is 1. The molecule has 0 bridgehead atoms. The highest BCUT2D eigenvalue weighted by Crippen LogP contribution is 2.28. The Hall–Kier alpha value is -3.23. The molecule has 4 aromatic rings. The first-order valence-corrected chi connectivity index (χ1v) is 10.7. The molecule has 1 aromatic carbocycles. The number of anilines is 1. The Bertz CT molecular complexity index is 1310. The molecule has 0 atom stereocenters. The molecule has 30 heavy (non-hydrogen) atoms. The lowest BCUT2D eigenvalue weighted by atomic mass is 10.2. The number of nitrogens with one attached hydrogen (secondary N) is 2. The van der Waals surface area contributed by atoms with Gasteiger partial charge in [0, 0.05) is 22.2 Å². The van der Waals surface area contributed by atoms with Crippen LogP contribution in [-0.4, -0.2) is 25.7 Å². The summed E-state index contributed by atoms with van der Waals surface area (Å²) in [6.45, 7) is 0. The lowest BCUT2D eigenvalue weighted by Crippen LogP contribution is -2.21. The van der Waals surface area contributed by atoms with Gasteiger partial charge in [0.25, 0.3) is 11.5 Å². The molecule has 2 N–H and O–H groups in total. The lowest BCUT2D eigenvalue weighted by molar-refractivity contribution is 0.102. The molecule has 0 aliphatic heterocycles. The van der Waals surface area contributed by atoms with E-state index in [0.717, 1.165) is 35.4 Å². The fourth-order valence-electron chi connectivity index (χ4n) is 3.52. The van der Waals surface area contributed by atoms with Gasteiger partial charge in [-0.15, -0.1) is 11.3 Å². The zero-order chi connectivity index (χ0) is 20.7. The standard InChI is InChI=1S/C21H16ClN5O2S/c22-13-5-1-4-12(10-13)19(28)24-18-11-16(17-8-3-9-30-17)26-27(18)21-23-15-7-2-6-14(15)20(29)25-21/h1,3-5,8-11H,2,6-7H2,(H,24,28)(H,23,25,29). The Balaban J connectivity index is 1.59. The maximum Gasteiger partial charge on any atom is 0.256 e. The number of carbonyl (C=O) groups is 1. The Morgan fingerprint density at radius 2 is 2.10 bits per heavy atom. The number of hydrogen-bond acceptors (Lipinski definition) is 5. The van der Waals surface area contributed by atoms with Crippen LogP contribution < -0.4 is 10.9 Å². The third-order valence-electron chi connectivity index (χ3n) is 4.94. The van der Waals surface area contributed by atoms with Gasteiger partial charge in [-0.05, 0) is 48.9 Å². The number of aromatic amines is 1. The Labute approximate surface area is 180 Å². The maximum absolute atomic E-state index is 12.8. The third kappa shape index (κ3) is 3.44. The average Bonchev–Trinajstić information content (AvgIpc) is 3.48. The normalized spacial score (nSPS) is 12.7. The molecular weight excluding hydrogens is 422 g/mol. The van der Waals surface area contributed by atoms with E-state index in [1.54, 1.807) is 30.3 Å². The molecule has 3 aromatic heterocycles. The Morgan fingerprint density at radius 3 is 2.90 bits per heavy atom. The van der Waals surface area contributed by atoms with Gasteiger partial charge < -0.3 is 5.32 Å². The molecule has 0 spiro atoms. The van der Waals surface area contributed by atoms with E-state index < -0.39 is 0 Å². The first kappa shape index (κ1) is 18.8. The third-order valence-corrected chi connectivity index (χ3v) is 6.07. The number of benzene rings is 1. The smallest absolute Gasteiger partial charge is 0.256 e. The highest BCUT2D eigenvalue weighted by Gasteiger charge is 2.21. The number of amides is 1. The summed E-state index contributed by atoms with van der Waals surface area (Å²) in [4.78, 5) is 33.7. The van der Waals surface area contributed by atoms with Gasteiger partial charge in [-0.3, -0.25) is 14.6 Å². The summed E-state index contributed by atoms with van der Waals surface area (Å²) in [7, 11) is 0. The van der Waals surface area contributed by atoms with Gasteiger partial charge in [0.05, 0.1) is 10.6 Å². The van der Waals surface area contributed by atoms with Gasteiger partial charge in [0.1, 0.15) is 11.5 Å². The molecule has 0 saturated carbocycles. The number of fused-ring (bicyclic) bond motifs is 1. The van der Waals surface area contributed by atoms with Gasteiger partial charge in [0.15, 0.2) is 0 Å². The summed E-state index contributed by atoms with van der Waals surface area (Å²) in [5.74, 6) is 0.356. The highest BCUT2D eigenvalue weighted by molar-refractivity contribution is 7.13. The number of aryl methyl sites for hydroxylation is 1. The van der Waals surface area contributed by atoms with Crippen molar-refractivity contribution in [1.29, 1.82) is 0 Å². The summed E-state index contributed by atoms with van der Waals surface area (Å²) in [6.07, 6.45) is 2.40. The monoisotopic (exact) mass is 437 g/mol. The van der Waals surface area contributed by atoms with E-state index in [9.17, 15) is 9.59 Å². The Kier molecular flexibility index (Phi) is 4.72. The number of H-pyrrole nitrogens is 1. The van der Waals surface area contributed by atoms with Crippen LogP contribution in [0.2, 0.25) is 5.02 Å². The van der Waals surface area contributed by atoms with Crippen molar-refractivity contribution in [3.05, 3.63) is 80.0 Å². The molecule has 5 rings (SSSR count). The molecule has 0 radical (unpaired) electrons. The fourth-order valence-corrected chi connectivity index (χ4v) is 4.40. The molecule has 9 heteroatoms. The van der Waals surface area contributed by atoms with Gasteiger partial charge in [-0.25, -0.2) is 4.98 Å². The second kappa shape index (κ2) is 7.55. The number of carbonyl (C=O) groups excluding carboxylic acids is 1. The molecule has 150 valence electrons. The number of hydrogen-bond donors (Lipinski definition) is 2. The summed E-state index contributed by atoms with van der Waals surface area (Å²) in [5, 5.41) is 9.90. The van der Waals surface area contributed by atoms with Crippen LogP contribution in [0.5, 0.6) is 0 Å². The predicted octanol–water partition coefficient (Wildman–Crippen LogP) is 4.08. The van der Waals surface area contributed by atoms with E-state index in [4.69, 9.17) is 11.6 Å². The largest absolute Gasteiger partial charge is 0.306 e. The van der Waals surface area contributed by atoms with Crippen molar-refractivity contribution in [2.75, 3.05) is 5.32 Å². The van der Waals surface area contributed by atoms with Crippen LogP contribution in [0.3, 0.4) is 0 Å². The number of nitrogens with zero attached hydrogens (tertiary/aromatic N) is 3. The van der Waals surface area contributed by atoms with Crippen molar-refractivity contribution in [3.8, 4) is 16.5 Å². The quantitative estimate of drug-likeness (QED) is 0.503. The van der Waals surface area contributed by atoms with Crippen molar-refractivity contribution < 1.29 is 4.79 Å².